The molecule has 0 aliphatic carbocycles. The third-order valence-electron chi connectivity index (χ3n) is 2.60. The second kappa shape index (κ2) is 9.24. The van der Waals surface area contributed by atoms with Crippen molar-refractivity contribution in [2.24, 2.45) is 5.10 Å². The molecular weight excluding hydrogens is 355 g/mol. The Hall–Kier alpha value is -2.12. The Bertz CT molecular complexity index is 675. The van der Waals surface area contributed by atoms with Gasteiger partial charge >= 0.3 is 11.8 Å². The summed E-state index contributed by atoms with van der Waals surface area (Å²) in [6, 6.07) is 4.51. The lowest BCUT2D eigenvalue weighted by Gasteiger charge is -2.08. The van der Waals surface area contributed by atoms with Gasteiger partial charge in [-0.2, -0.15) is 5.10 Å². The maximum atomic E-state index is 11.9. The smallest absolute Gasteiger partial charge is 0.329 e. The van der Waals surface area contributed by atoms with Gasteiger partial charge in [0, 0.05) is 16.8 Å². The SMILES string of the molecule is C/C(CC(=O)Nc1ccc(Cl)cc1Cl)=N\NC(=O)C(=O)NC(C)C. The van der Waals surface area contributed by atoms with Gasteiger partial charge in [0.2, 0.25) is 5.91 Å². The van der Waals surface area contributed by atoms with Crippen LogP contribution >= 0.6 is 23.2 Å². The maximum absolute atomic E-state index is 11.9. The summed E-state index contributed by atoms with van der Waals surface area (Å²) in [6.07, 6.45) is -0.0783. The van der Waals surface area contributed by atoms with Gasteiger partial charge in [-0.1, -0.05) is 23.2 Å². The Kier molecular flexibility index (Phi) is 7.67. The van der Waals surface area contributed by atoms with Crippen molar-refractivity contribution in [2.45, 2.75) is 33.2 Å². The molecule has 3 N–H and O–H groups in total. The number of carbonyl (C=O) groups excluding carboxylic acids is 3. The quantitative estimate of drug-likeness (QED) is 0.420. The molecule has 0 aliphatic heterocycles. The van der Waals surface area contributed by atoms with Gasteiger partial charge in [-0.15, -0.1) is 0 Å². The van der Waals surface area contributed by atoms with Crippen LogP contribution in [0.1, 0.15) is 27.2 Å². The highest BCUT2D eigenvalue weighted by atomic mass is 35.5. The number of benzene rings is 1. The second-order valence-electron chi connectivity index (χ2n) is 5.27. The fourth-order valence-corrected chi connectivity index (χ4v) is 2.04. The number of nitrogens with zero attached hydrogens (tertiary/aromatic N) is 1. The largest absolute Gasteiger partial charge is 0.346 e. The number of halogens is 2. The van der Waals surface area contributed by atoms with Crippen molar-refractivity contribution < 1.29 is 14.4 Å². The van der Waals surface area contributed by atoms with Gasteiger partial charge in [0.15, 0.2) is 0 Å². The summed E-state index contributed by atoms with van der Waals surface area (Å²) < 4.78 is 0. The number of rotatable bonds is 5. The minimum Gasteiger partial charge on any atom is -0.346 e. The van der Waals surface area contributed by atoms with Gasteiger partial charge in [0.25, 0.3) is 0 Å². The zero-order valence-corrected chi connectivity index (χ0v) is 15.0. The molecule has 0 aromatic heterocycles. The Morgan fingerprint density at radius 3 is 2.42 bits per heavy atom. The van der Waals surface area contributed by atoms with E-state index in [0.717, 1.165) is 0 Å². The minimum atomic E-state index is -0.899. The van der Waals surface area contributed by atoms with E-state index in [4.69, 9.17) is 23.2 Å². The lowest BCUT2D eigenvalue weighted by Crippen LogP contribution is -2.41. The number of hydrazone groups is 1. The number of hydrogen-bond donors (Lipinski definition) is 3. The van der Waals surface area contributed by atoms with Crippen LogP contribution in [0.2, 0.25) is 10.0 Å². The van der Waals surface area contributed by atoms with Crippen LogP contribution in [0.3, 0.4) is 0 Å². The van der Waals surface area contributed by atoms with E-state index < -0.39 is 11.8 Å². The van der Waals surface area contributed by atoms with Crippen molar-refractivity contribution >= 4 is 52.3 Å². The molecule has 1 aromatic rings. The van der Waals surface area contributed by atoms with Crippen molar-refractivity contribution in [3.05, 3.63) is 28.2 Å². The van der Waals surface area contributed by atoms with Crippen LogP contribution in [0.25, 0.3) is 0 Å². The first-order chi connectivity index (χ1) is 11.2. The average Bonchev–Trinajstić information content (AvgIpc) is 2.46. The lowest BCUT2D eigenvalue weighted by molar-refractivity contribution is -0.139. The van der Waals surface area contributed by atoms with Crippen molar-refractivity contribution in [1.29, 1.82) is 0 Å². The number of hydrogen-bond acceptors (Lipinski definition) is 4. The van der Waals surface area contributed by atoms with Crippen LogP contribution in [0.5, 0.6) is 0 Å². The van der Waals surface area contributed by atoms with E-state index in [2.05, 4.69) is 21.2 Å². The van der Waals surface area contributed by atoms with Crippen LogP contribution in [0.15, 0.2) is 23.3 Å². The van der Waals surface area contributed by atoms with E-state index in [1.54, 1.807) is 32.9 Å². The molecule has 0 spiro atoms. The zero-order chi connectivity index (χ0) is 18.3. The monoisotopic (exact) mass is 372 g/mol. The maximum Gasteiger partial charge on any atom is 0.329 e. The van der Waals surface area contributed by atoms with E-state index in [1.807, 2.05) is 0 Å². The molecule has 1 rings (SSSR count). The summed E-state index contributed by atoms with van der Waals surface area (Å²) in [5, 5.41) is 9.51. The molecule has 0 bridgehead atoms. The van der Waals surface area contributed by atoms with E-state index in [0.29, 0.717) is 21.4 Å². The lowest BCUT2D eigenvalue weighted by atomic mass is 10.2. The fraction of sp³-hybridized carbons (Fsp3) is 0.333. The van der Waals surface area contributed by atoms with Crippen LogP contribution in [-0.2, 0) is 14.4 Å². The Labute approximate surface area is 149 Å². The third-order valence-corrected chi connectivity index (χ3v) is 3.14. The molecule has 7 nitrogen and oxygen atoms in total. The van der Waals surface area contributed by atoms with E-state index in [-0.39, 0.29) is 18.4 Å². The summed E-state index contributed by atoms with van der Waals surface area (Å²) in [5.74, 6) is -2.07. The van der Waals surface area contributed by atoms with Crippen LogP contribution in [0, 0.1) is 0 Å². The van der Waals surface area contributed by atoms with Gasteiger partial charge < -0.3 is 10.6 Å². The molecule has 130 valence electrons. The molecule has 0 aliphatic rings. The summed E-state index contributed by atoms with van der Waals surface area (Å²) in [6.45, 7) is 5.00. The standard InChI is InChI=1S/C15H18Cl2N4O3/c1-8(2)18-14(23)15(24)21-20-9(3)6-13(22)19-12-5-4-10(16)7-11(12)17/h4-5,7-8H,6H2,1-3H3,(H,18,23)(H,19,22)(H,21,24)/b20-9+. The minimum absolute atomic E-state index is 0.0783. The molecule has 9 heteroatoms. The molecule has 0 unspecified atom stereocenters. The topological polar surface area (TPSA) is 99.7 Å². The van der Waals surface area contributed by atoms with Gasteiger partial charge in [-0.05, 0) is 39.0 Å². The molecule has 1 aromatic carbocycles. The average molecular weight is 373 g/mol. The Morgan fingerprint density at radius 2 is 1.83 bits per heavy atom. The highest BCUT2D eigenvalue weighted by Gasteiger charge is 2.14. The highest BCUT2D eigenvalue weighted by Crippen LogP contribution is 2.25. The highest BCUT2D eigenvalue weighted by molar-refractivity contribution is 6.37. The first-order valence-corrected chi connectivity index (χ1v) is 7.83. The molecule has 3 amide bonds. The van der Waals surface area contributed by atoms with E-state index in [9.17, 15) is 14.4 Å². The normalized spacial score (nSPS) is 11.2. The predicted molar refractivity (Wildman–Crippen MR) is 94.2 cm³/mol. The molecule has 0 heterocycles. The molecule has 0 atom stereocenters. The third kappa shape index (κ3) is 6.97. The van der Waals surface area contributed by atoms with Crippen LogP contribution in [0.4, 0.5) is 5.69 Å². The molecular formula is C15H18Cl2N4O3. The summed E-state index contributed by atoms with van der Waals surface area (Å²) >= 11 is 11.7. The summed E-state index contributed by atoms with van der Waals surface area (Å²) in [7, 11) is 0. The van der Waals surface area contributed by atoms with Crippen LogP contribution in [-0.4, -0.2) is 29.5 Å². The van der Waals surface area contributed by atoms with Gasteiger partial charge in [-0.25, -0.2) is 5.43 Å². The number of anilines is 1. The zero-order valence-electron chi connectivity index (χ0n) is 13.4. The molecule has 0 radical (unpaired) electrons. The predicted octanol–water partition coefficient (Wildman–Crippen LogP) is 2.34. The number of carbonyl (C=O) groups is 3. The van der Waals surface area contributed by atoms with Crippen molar-refractivity contribution in [3.8, 4) is 0 Å². The van der Waals surface area contributed by atoms with E-state index in [1.165, 1.54) is 6.07 Å². The number of amides is 3. The van der Waals surface area contributed by atoms with Gasteiger partial charge in [0.1, 0.15) is 0 Å². The second-order valence-corrected chi connectivity index (χ2v) is 6.11. The Morgan fingerprint density at radius 1 is 1.17 bits per heavy atom. The molecule has 0 saturated carbocycles. The van der Waals surface area contributed by atoms with Gasteiger partial charge in [0.05, 0.1) is 17.1 Å². The molecule has 24 heavy (non-hydrogen) atoms. The Balaban J connectivity index is 2.54. The molecule has 0 fully saturated rings. The van der Waals surface area contributed by atoms with Crippen molar-refractivity contribution in [1.82, 2.24) is 10.7 Å². The first-order valence-electron chi connectivity index (χ1n) is 7.08. The summed E-state index contributed by atoms with van der Waals surface area (Å²) in [4.78, 5) is 34.8. The molecule has 0 saturated heterocycles. The summed E-state index contributed by atoms with van der Waals surface area (Å²) in [5.41, 5.74) is 2.83. The van der Waals surface area contributed by atoms with Crippen molar-refractivity contribution in [2.75, 3.05) is 5.32 Å². The van der Waals surface area contributed by atoms with Crippen LogP contribution < -0.4 is 16.1 Å². The first kappa shape index (κ1) is 19.9. The number of nitrogens with one attached hydrogen (secondary N) is 3. The fourth-order valence-electron chi connectivity index (χ4n) is 1.58. The van der Waals surface area contributed by atoms with E-state index >= 15 is 0 Å². The van der Waals surface area contributed by atoms with Crippen molar-refractivity contribution in [3.63, 3.8) is 0 Å². The van der Waals surface area contributed by atoms with Gasteiger partial charge in [-0.3, -0.25) is 14.4 Å².